The number of halogens is 1. The zero-order valence-corrected chi connectivity index (χ0v) is 8.90. The summed E-state index contributed by atoms with van der Waals surface area (Å²) < 4.78 is 1.22. The number of hydrogen-bond acceptors (Lipinski definition) is 0. The average molecular weight is 223 g/mol. The zero-order chi connectivity index (χ0) is 8.72. The van der Waals surface area contributed by atoms with Gasteiger partial charge in [-0.1, -0.05) is 28.1 Å². The summed E-state index contributed by atoms with van der Waals surface area (Å²) in [4.78, 5) is 0. The lowest BCUT2D eigenvalue weighted by Crippen LogP contribution is -1.88. The lowest BCUT2D eigenvalue weighted by molar-refractivity contribution is 1.27. The molecule has 1 heteroatoms. The van der Waals surface area contributed by atoms with Gasteiger partial charge in [0.05, 0.1) is 0 Å². The van der Waals surface area contributed by atoms with E-state index in [1.54, 1.807) is 0 Å². The Bertz CT molecular complexity index is 362. The summed E-state index contributed by atoms with van der Waals surface area (Å²) in [7, 11) is 0. The van der Waals surface area contributed by atoms with E-state index in [1.807, 2.05) is 0 Å². The molecule has 0 nitrogen and oxygen atoms in total. The standard InChI is InChI=1S/C11H11Br/c1-7-3-4-9-5-6-10(12)8(2)11(7)9/h3,5-6H,4H2,1-2H3. The normalized spacial score (nSPS) is 14.4. The molecule has 62 valence electrons. The summed E-state index contributed by atoms with van der Waals surface area (Å²) in [5, 5.41) is 0. The quantitative estimate of drug-likeness (QED) is 0.628. The molecule has 0 amide bonds. The minimum atomic E-state index is 1.11. The van der Waals surface area contributed by atoms with Crippen molar-refractivity contribution in [3.63, 3.8) is 0 Å². The summed E-state index contributed by atoms with van der Waals surface area (Å²) in [6.07, 6.45) is 3.40. The number of benzene rings is 1. The first-order valence-electron chi connectivity index (χ1n) is 4.15. The van der Waals surface area contributed by atoms with Crippen molar-refractivity contribution >= 4 is 21.5 Å². The Labute approximate surface area is 81.4 Å². The highest BCUT2D eigenvalue weighted by Crippen LogP contribution is 2.33. The van der Waals surface area contributed by atoms with Crippen LogP contribution in [0.1, 0.15) is 23.6 Å². The van der Waals surface area contributed by atoms with Crippen LogP contribution >= 0.6 is 15.9 Å². The van der Waals surface area contributed by atoms with Crippen molar-refractivity contribution in [2.45, 2.75) is 20.3 Å². The fourth-order valence-corrected chi connectivity index (χ4v) is 2.16. The SMILES string of the molecule is CC1=CCc2ccc(Br)c(C)c21. The first-order valence-corrected chi connectivity index (χ1v) is 4.94. The van der Waals surface area contributed by atoms with E-state index in [-0.39, 0.29) is 0 Å². The highest BCUT2D eigenvalue weighted by molar-refractivity contribution is 9.10. The molecule has 0 bridgehead atoms. The molecule has 0 unspecified atom stereocenters. The highest BCUT2D eigenvalue weighted by Gasteiger charge is 2.13. The molecule has 0 N–H and O–H groups in total. The molecule has 0 saturated heterocycles. The molecule has 12 heavy (non-hydrogen) atoms. The maximum absolute atomic E-state index is 3.55. The first-order chi connectivity index (χ1) is 5.70. The second-order valence-corrected chi connectivity index (χ2v) is 4.15. The molecule has 0 saturated carbocycles. The molecule has 0 fully saturated rings. The van der Waals surface area contributed by atoms with Crippen LogP contribution in [0.3, 0.4) is 0 Å². The van der Waals surface area contributed by atoms with Crippen molar-refractivity contribution in [3.05, 3.63) is 39.4 Å². The molecular weight excluding hydrogens is 212 g/mol. The number of rotatable bonds is 0. The van der Waals surface area contributed by atoms with Crippen molar-refractivity contribution in [2.75, 3.05) is 0 Å². The smallest absolute Gasteiger partial charge is 0.0210 e. The van der Waals surface area contributed by atoms with Gasteiger partial charge in [-0.25, -0.2) is 0 Å². The Kier molecular flexibility index (Phi) is 1.84. The van der Waals surface area contributed by atoms with E-state index in [9.17, 15) is 0 Å². The molecule has 1 aromatic carbocycles. The van der Waals surface area contributed by atoms with Crippen LogP contribution in [0, 0.1) is 6.92 Å². The molecule has 0 aromatic heterocycles. The van der Waals surface area contributed by atoms with Crippen LogP contribution in [0.5, 0.6) is 0 Å². The second-order valence-electron chi connectivity index (χ2n) is 3.30. The lowest BCUT2D eigenvalue weighted by Gasteiger charge is -2.07. The van der Waals surface area contributed by atoms with E-state index in [2.05, 4.69) is 48.0 Å². The third-order valence-electron chi connectivity index (χ3n) is 2.51. The Morgan fingerprint density at radius 1 is 1.25 bits per heavy atom. The maximum atomic E-state index is 3.55. The predicted molar refractivity (Wildman–Crippen MR) is 56.2 cm³/mol. The third kappa shape index (κ3) is 1.04. The molecule has 1 aliphatic rings. The molecule has 0 atom stereocenters. The Balaban J connectivity index is 2.70. The monoisotopic (exact) mass is 222 g/mol. The summed E-state index contributed by atoms with van der Waals surface area (Å²) in [6, 6.07) is 4.35. The van der Waals surface area contributed by atoms with Crippen LogP contribution in [0.25, 0.3) is 5.57 Å². The number of fused-ring (bicyclic) bond motifs is 1. The largest absolute Gasteiger partial charge is 0.0766 e. The minimum absolute atomic E-state index is 1.11. The van der Waals surface area contributed by atoms with Crippen LogP contribution in [0.15, 0.2) is 22.7 Å². The minimum Gasteiger partial charge on any atom is -0.0766 e. The van der Waals surface area contributed by atoms with Crippen LogP contribution in [-0.4, -0.2) is 0 Å². The fraction of sp³-hybridized carbons (Fsp3) is 0.273. The van der Waals surface area contributed by atoms with Crippen LogP contribution < -0.4 is 0 Å². The summed E-state index contributed by atoms with van der Waals surface area (Å²) >= 11 is 3.55. The predicted octanol–water partition coefficient (Wildman–Crippen LogP) is 3.72. The second kappa shape index (κ2) is 2.74. The van der Waals surface area contributed by atoms with Gasteiger partial charge in [0, 0.05) is 4.47 Å². The molecule has 0 spiro atoms. The average Bonchev–Trinajstić information content (AvgIpc) is 2.41. The Morgan fingerprint density at radius 2 is 2.00 bits per heavy atom. The highest BCUT2D eigenvalue weighted by atomic mass is 79.9. The van der Waals surface area contributed by atoms with Gasteiger partial charge < -0.3 is 0 Å². The van der Waals surface area contributed by atoms with Crippen LogP contribution in [0.4, 0.5) is 0 Å². The topological polar surface area (TPSA) is 0 Å². The lowest BCUT2D eigenvalue weighted by atomic mass is 10.0. The van der Waals surface area contributed by atoms with Gasteiger partial charge in [0.1, 0.15) is 0 Å². The zero-order valence-electron chi connectivity index (χ0n) is 7.32. The Hall–Kier alpha value is -0.560. The van der Waals surface area contributed by atoms with Crippen molar-refractivity contribution < 1.29 is 0 Å². The van der Waals surface area contributed by atoms with Crippen molar-refractivity contribution in [1.82, 2.24) is 0 Å². The summed E-state index contributed by atoms with van der Waals surface area (Å²) in [5.74, 6) is 0. The van der Waals surface area contributed by atoms with E-state index in [4.69, 9.17) is 0 Å². The van der Waals surface area contributed by atoms with E-state index in [0.717, 1.165) is 6.42 Å². The first kappa shape index (κ1) is 8.06. The van der Waals surface area contributed by atoms with Gasteiger partial charge in [-0.3, -0.25) is 0 Å². The molecule has 1 aliphatic carbocycles. The van der Waals surface area contributed by atoms with E-state index in [0.29, 0.717) is 0 Å². The van der Waals surface area contributed by atoms with Crippen LogP contribution in [0.2, 0.25) is 0 Å². The van der Waals surface area contributed by atoms with Gasteiger partial charge in [-0.2, -0.15) is 0 Å². The summed E-state index contributed by atoms with van der Waals surface area (Å²) in [6.45, 7) is 4.36. The van der Waals surface area contributed by atoms with E-state index in [1.165, 1.54) is 26.7 Å². The van der Waals surface area contributed by atoms with Crippen molar-refractivity contribution in [1.29, 1.82) is 0 Å². The number of hydrogen-bond donors (Lipinski definition) is 0. The number of allylic oxidation sites excluding steroid dienone is 2. The van der Waals surface area contributed by atoms with E-state index < -0.39 is 0 Å². The molecule has 2 rings (SSSR count). The van der Waals surface area contributed by atoms with Crippen molar-refractivity contribution in [2.24, 2.45) is 0 Å². The molecule has 0 aliphatic heterocycles. The molecule has 0 heterocycles. The third-order valence-corrected chi connectivity index (χ3v) is 3.37. The van der Waals surface area contributed by atoms with Gasteiger partial charge in [0.25, 0.3) is 0 Å². The van der Waals surface area contributed by atoms with Crippen LogP contribution in [-0.2, 0) is 6.42 Å². The molecule has 0 radical (unpaired) electrons. The van der Waals surface area contributed by atoms with E-state index >= 15 is 0 Å². The maximum Gasteiger partial charge on any atom is 0.0210 e. The molecular formula is C11H11Br. The summed E-state index contributed by atoms with van der Waals surface area (Å²) in [5.41, 5.74) is 5.71. The van der Waals surface area contributed by atoms with Gasteiger partial charge in [-0.05, 0) is 48.6 Å². The van der Waals surface area contributed by atoms with Gasteiger partial charge in [0.2, 0.25) is 0 Å². The van der Waals surface area contributed by atoms with Gasteiger partial charge in [-0.15, -0.1) is 0 Å². The fourth-order valence-electron chi connectivity index (χ4n) is 1.83. The Morgan fingerprint density at radius 3 is 2.75 bits per heavy atom. The van der Waals surface area contributed by atoms with Gasteiger partial charge in [0.15, 0.2) is 0 Å². The molecule has 1 aromatic rings. The van der Waals surface area contributed by atoms with Gasteiger partial charge >= 0.3 is 0 Å². The van der Waals surface area contributed by atoms with Crippen molar-refractivity contribution in [3.8, 4) is 0 Å².